The van der Waals surface area contributed by atoms with Crippen molar-refractivity contribution in [3.63, 3.8) is 0 Å². The number of benzene rings is 2. The Balaban J connectivity index is 1.53. The van der Waals surface area contributed by atoms with Gasteiger partial charge in [-0.15, -0.1) is 5.10 Å². The summed E-state index contributed by atoms with van der Waals surface area (Å²) in [6, 6.07) is 18.9. The Labute approximate surface area is 159 Å². The number of rotatable bonds is 4. The fraction of sp³-hybridized carbons (Fsp3) is 0.0500. The number of hydrogen-bond acceptors (Lipinski definition) is 5. The van der Waals surface area contributed by atoms with Gasteiger partial charge in [0.1, 0.15) is 0 Å². The van der Waals surface area contributed by atoms with Gasteiger partial charge >= 0.3 is 0 Å². The van der Waals surface area contributed by atoms with Crippen molar-refractivity contribution in [2.45, 2.75) is 6.04 Å². The van der Waals surface area contributed by atoms with E-state index in [0.717, 1.165) is 22.2 Å². The summed E-state index contributed by atoms with van der Waals surface area (Å²) < 4.78 is 1.48. The molecule has 0 bridgehead atoms. The fourth-order valence-electron chi connectivity index (χ4n) is 3.23. The molecule has 8 heteroatoms. The smallest absolute Gasteiger partial charge is 0.253 e. The number of pyridine rings is 1. The number of nitrogens with zero attached hydrogens (tertiary/aromatic N) is 5. The Morgan fingerprint density at radius 3 is 2.82 bits per heavy atom. The number of amides is 1. The Morgan fingerprint density at radius 2 is 1.93 bits per heavy atom. The summed E-state index contributed by atoms with van der Waals surface area (Å²) in [5, 5.41) is 14.4. The second-order valence-corrected chi connectivity index (χ2v) is 6.40. The standard InChI is InChI=1S/C20H15N7O/c28-20(15-7-9-18-24-25-26-27(18)11-15)23-19(13-4-2-1-3-5-13)14-6-8-16-17(10-14)22-12-21-16/h1-12,19H,(H,21,22)(H,23,28). The molecule has 0 aliphatic heterocycles. The molecular weight excluding hydrogens is 354 g/mol. The zero-order valence-electron chi connectivity index (χ0n) is 14.6. The second kappa shape index (κ2) is 6.58. The highest BCUT2D eigenvalue weighted by atomic mass is 16.1. The number of H-pyrrole nitrogens is 1. The van der Waals surface area contributed by atoms with E-state index in [-0.39, 0.29) is 11.9 Å². The molecule has 28 heavy (non-hydrogen) atoms. The van der Waals surface area contributed by atoms with Crippen molar-refractivity contribution in [3.8, 4) is 0 Å². The molecule has 0 aliphatic rings. The molecule has 0 radical (unpaired) electrons. The molecular formula is C20H15N7O. The third kappa shape index (κ3) is 2.86. The zero-order valence-corrected chi connectivity index (χ0v) is 14.6. The van der Waals surface area contributed by atoms with Crippen LogP contribution in [0.4, 0.5) is 0 Å². The molecule has 0 fully saturated rings. The summed E-state index contributed by atoms with van der Waals surface area (Å²) in [5.74, 6) is -0.212. The molecule has 1 unspecified atom stereocenters. The molecule has 0 aliphatic carbocycles. The van der Waals surface area contributed by atoms with Crippen LogP contribution in [0.2, 0.25) is 0 Å². The van der Waals surface area contributed by atoms with Gasteiger partial charge in [-0.1, -0.05) is 36.4 Å². The van der Waals surface area contributed by atoms with Gasteiger partial charge in [-0.05, 0) is 45.8 Å². The predicted molar refractivity (Wildman–Crippen MR) is 103 cm³/mol. The van der Waals surface area contributed by atoms with Crippen LogP contribution in [0.15, 0.2) is 73.2 Å². The highest BCUT2D eigenvalue weighted by molar-refractivity contribution is 5.94. The molecule has 136 valence electrons. The lowest BCUT2D eigenvalue weighted by Crippen LogP contribution is -2.29. The third-order valence-corrected chi connectivity index (χ3v) is 4.64. The van der Waals surface area contributed by atoms with E-state index in [1.54, 1.807) is 24.7 Å². The maximum absolute atomic E-state index is 13.0. The number of fused-ring (bicyclic) bond motifs is 2. The van der Waals surface area contributed by atoms with Crippen LogP contribution in [-0.2, 0) is 0 Å². The number of aromatic nitrogens is 6. The molecule has 2 N–H and O–H groups in total. The van der Waals surface area contributed by atoms with Gasteiger partial charge in [0.15, 0.2) is 5.65 Å². The normalized spacial score (nSPS) is 12.3. The van der Waals surface area contributed by atoms with Gasteiger partial charge in [0.05, 0.1) is 29.0 Å². The summed E-state index contributed by atoms with van der Waals surface area (Å²) in [5.41, 5.74) is 4.80. The Hall–Kier alpha value is -4.07. The first-order valence-electron chi connectivity index (χ1n) is 8.74. The number of tetrazole rings is 1. The van der Waals surface area contributed by atoms with Crippen molar-refractivity contribution in [2.75, 3.05) is 0 Å². The lowest BCUT2D eigenvalue weighted by atomic mass is 9.98. The van der Waals surface area contributed by atoms with E-state index in [1.807, 2.05) is 48.5 Å². The number of aromatic amines is 1. The zero-order chi connectivity index (χ0) is 18.9. The average molecular weight is 369 g/mol. The molecule has 0 saturated heterocycles. The maximum Gasteiger partial charge on any atom is 0.253 e. The van der Waals surface area contributed by atoms with Crippen LogP contribution in [0, 0.1) is 0 Å². The lowest BCUT2D eigenvalue weighted by molar-refractivity contribution is 0.0942. The van der Waals surface area contributed by atoms with Crippen molar-refractivity contribution in [1.29, 1.82) is 0 Å². The Kier molecular flexibility index (Phi) is 3.79. The van der Waals surface area contributed by atoms with E-state index >= 15 is 0 Å². The quantitative estimate of drug-likeness (QED) is 0.507. The van der Waals surface area contributed by atoms with Crippen LogP contribution in [0.1, 0.15) is 27.5 Å². The van der Waals surface area contributed by atoms with Crippen molar-refractivity contribution in [2.24, 2.45) is 0 Å². The van der Waals surface area contributed by atoms with Crippen LogP contribution in [0.5, 0.6) is 0 Å². The van der Waals surface area contributed by atoms with E-state index in [9.17, 15) is 4.79 Å². The first-order chi connectivity index (χ1) is 13.8. The minimum absolute atomic E-state index is 0.212. The van der Waals surface area contributed by atoms with E-state index in [0.29, 0.717) is 11.2 Å². The molecule has 1 amide bonds. The van der Waals surface area contributed by atoms with Crippen molar-refractivity contribution in [1.82, 2.24) is 35.3 Å². The second-order valence-electron chi connectivity index (χ2n) is 6.40. The number of nitrogens with one attached hydrogen (secondary N) is 2. The first-order valence-corrected chi connectivity index (χ1v) is 8.74. The Morgan fingerprint density at radius 1 is 1.04 bits per heavy atom. The average Bonchev–Trinajstić information content (AvgIpc) is 3.40. The van der Waals surface area contributed by atoms with Gasteiger partial charge < -0.3 is 10.3 Å². The van der Waals surface area contributed by atoms with Crippen LogP contribution in [-0.4, -0.2) is 35.9 Å². The maximum atomic E-state index is 13.0. The van der Waals surface area contributed by atoms with Crippen molar-refractivity contribution < 1.29 is 4.79 Å². The molecule has 3 heterocycles. The van der Waals surface area contributed by atoms with Crippen LogP contribution >= 0.6 is 0 Å². The summed E-state index contributed by atoms with van der Waals surface area (Å²) in [7, 11) is 0. The minimum atomic E-state index is -0.314. The SMILES string of the molecule is O=C(NC(c1ccccc1)c1ccc2nc[nH]c2c1)c1ccc2nnnn2c1. The first kappa shape index (κ1) is 16.1. The van der Waals surface area contributed by atoms with Gasteiger partial charge in [0, 0.05) is 6.20 Å². The fourth-order valence-corrected chi connectivity index (χ4v) is 3.23. The molecule has 8 nitrogen and oxygen atoms in total. The summed E-state index contributed by atoms with van der Waals surface area (Å²) in [4.78, 5) is 20.3. The Bertz CT molecular complexity index is 1280. The number of carbonyl (C=O) groups excluding carboxylic acids is 1. The van der Waals surface area contributed by atoms with E-state index in [1.165, 1.54) is 4.52 Å². The van der Waals surface area contributed by atoms with Gasteiger partial charge in [0.25, 0.3) is 5.91 Å². The highest BCUT2D eigenvalue weighted by Gasteiger charge is 2.19. The lowest BCUT2D eigenvalue weighted by Gasteiger charge is -2.20. The van der Waals surface area contributed by atoms with Gasteiger partial charge in [-0.25, -0.2) is 4.98 Å². The predicted octanol–water partition coefficient (Wildman–Crippen LogP) is 2.52. The van der Waals surface area contributed by atoms with E-state index in [4.69, 9.17) is 0 Å². The van der Waals surface area contributed by atoms with Crippen LogP contribution in [0.3, 0.4) is 0 Å². The molecule has 0 saturated carbocycles. The summed E-state index contributed by atoms with van der Waals surface area (Å²) in [6.07, 6.45) is 3.27. The van der Waals surface area contributed by atoms with Crippen molar-refractivity contribution in [3.05, 3.63) is 89.9 Å². The van der Waals surface area contributed by atoms with Gasteiger partial charge in [0.2, 0.25) is 0 Å². The van der Waals surface area contributed by atoms with E-state index < -0.39 is 0 Å². The van der Waals surface area contributed by atoms with Crippen LogP contribution in [0.25, 0.3) is 16.7 Å². The molecule has 3 aromatic heterocycles. The van der Waals surface area contributed by atoms with Gasteiger partial charge in [-0.2, -0.15) is 4.52 Å². The summed E-state index contributed by atoms with van der Waals surface area (Å²) in [6.45, 7) is 0. The minimum Gasteiger partial charge on any atom is -0.345 e. The van der Waals surface area contributed by atoms with Crippen LogP contribution < -0.4 is 5.32 Å². The topological polar surface area (TPSA) is 101 Å². The highest BCUT2D eigenvalue weighted by Crippen LogP contribution is 2.25. The molecule has 1 atom stereocenters. The monoisotopic (exact) mass is 369 g/mol. The van der Waals surface area contributed by atoms with E-state index in [2.05, 4.69) is 30.8 Å². The molecule has 5 rings (SSSR count). The number of imidazole rings is 1. The summed E-state index contributed by atoms with van der Waals surface area (Å²) >= 11 is 0. The molecule has 2 aromatic carbocycles. The molecule has 5 aromatic rings. The largest absolute Gasteiger partial charge is 0.345 e. The molecule has 0 spiro atoms. The third-order valence-electron chi connectivity index (χ3n) is 4.64. The number of carbonyl (C=O) groups is 1. The number of hydrogen-bond donors (Lipinski definition) is 2. The van der Waals surface area contributed by atoms with Crippen molar-refractivity contribution >= 4 is 22.6 Å². The van der Waals surface area contributed by atoms with Gasteiger partial charge in [-0.3, -0.25) is 4.79 Å².